The smallest absolute Gasteiger partial charge is 0.407 e. The van der Waals surface area contributed by atoms with Crippen molar-refractivity contribution < 1.29 is 9.53 Å². The maximum Gasteiger partial charge on any atom is 0.407 e. The van der Waals surface area contributed by atoms with E-state index in [1.54, 1.807) is 6.92 Å². The van der Waals surface area contributed by atoms with E-state index in [4.69, 9.17) is 9.73 Å². The maximum absolute atomic E-state index is 11.8. The van der Waals surface area contributed by atoms with Crippen LogP contribution in [0.2, 0.25) is 0 Å². The van der Waals surface area contributed by atoms with Crippen molar-refractivity contribution in [1.29, 1.82) is 0 Å². The molecule has 148 valence electrons. The first-order valence-corrected chi connectivity index (χ1v) is 9.40. The molecule has 0 aliphatic rings. The lowest BCUT2D eigenvalue weighted by Crippen LogP contribution is -2.42. The van der Waals surface area contributed by atoms with Crippen LogP contribution in [0.3, 0.4) is 0 Å². The van der Waals surface area contributed by atoms with Crippen molar-refractivity contribution in [2.24, 2.45) is 18.0 Å². The molecule has 0 bridgehead atoms. The number of alkyl carbamates (subject to hydrolysis) is 1. The molecule has 2 N–H and O–H groups in total. The Morgan fingerprint density at radius 1 is 1.38 bits per heavy atom. The molecular formula is C19H35N5O2. The van der Waals surface area contributed by atoms with Crippen molar-refractivity contribution in [3.63, 3.8) is 0 Å². The van der Waals surface area contributed by atoms with Crippen LogP contribution in [0.1, 0.15) is 39.8 Å². The topological polar surface area (TPSA) is 70.9 Å². The van der Waals surface area contributed by atoms with Gasteiger partial charge in [-0.2, -0.15) is 0 Å². The first-order chi connectivity index (χ1) is 12.4. The van der Waals surface area contributed by atoms with Gasteiger partial charge in [-0.15, -0.1) is 0 Å². The second kappa shape index (κ2) is 11.4. The average molecular weight is 366 g/mol. The highest BCUT2D eigenvalue weighted by atomic mass is 16.5. The Hall–Kier alpha value is -2.18. The van der Waals surface area contributed by atoms with Gasteiger partial charge in [0.15, 0.2) is 5.96 Å². The molecule has 26 heavy (non-hydrogen) atoms. The van der Waals surface area contributed by atoms with Crippen LogP contribution < -0.4 is 10.6 Å². The van der Waals surface area contributed by atoms with Crippen LogP contribution in [0.25, 0.3) is 0 Å². The third kappa shape index (κ3) is 7.80. The van der Waals surface area contributed by atoms with Gasteiger partial charge in [0, 0.05) is 32.5 Å². The van der Waals surface area contributed by atoms with E-state index < -0.39 is 0 Å². The second-order valence-electron chi connectivity index (χ2n) is 6.85. The molecule has 1 aromatic rings. The number of nitrogens with zero attached hydrogens (tertiary/aromatic N) is 3. The number of hydrogen-bond donors (Lipinski definition) is 2. The van der Waals surface area contributed by atoms with E-state index in [2.05, 4.69) is 40.0 Å². The summed E-state index contributed by atoms with van der Waals surface area (Å²) in [5, 5.41) is 6.25. The van der Waals surface area contributed by atoms with Crippen molar-refractivity contribution in [2.45, 2.75) is 46.7 Å². The normalized spacial score (nSPS) is 12.8. The molecule has 0 radical (unpaired) electrons. The first kappa shape index (κ1) is 21.9. The number of aromatic nitrogens is 1. The van der Waals surface area contributed by atoms with E-state index in [1.807, 2.05) is 33.3 Å². The summed E-state index contributed by atoms with van der Waals surface area (Å²) >= 11 is 0. The molecule has 0 fully saturated rings. The van der Waals surface area contributed by atoms with Gasteiger partial charge in [0.2, 0.25) is 0 Å². The van der Waals surface area contributed by atoms with Crippen LogP contribution in [0.5, 0.6) is 0 Å². The van der Waals surface area contributed by atoms with E-state index in [0.717, 1.165) is 25.5 Å². The van der Waals surface area contributed by atoms with Crippen LogP contribution in [0.15, 0.2) is 23.3 Å². The Labute approximate surface area is 157 Å². The molecule has 7 nitrogen and oxygen atoms in total. The zero-order chi connectivity index (χ0) is 19.5. The fourth-order valence-electron chi connectivity index (χ4n) is 2.73. The Kier molecular flexibility index (Phi) is 9.62. The van der Waals surface area contributed by atoms with E-state index in [-0.39, 0.29) is 12.1 Å². The molecule has 0 spiro atoms. The van der Waals surface area contributed by atoms with Crippen LogP contribution in [-0.2, 0) is 18.3 Å². The fraction of sp³-hybridized carbons (Fsp3) is 0.684. The Bertz CT molecular complexity index is 568. The summed E-state index contributed by atoms with van der Waals surface area (Å²) < 4.78 is 7.11. The minimum absolute atomic E-state index is 0.0499. The molecule has 1 heterocycles. The number of carbonyl (C=O) groups is 1. The van der Waals surface area contributed by atoms with E-state index in [9.17, 15) is 4.79 Å². The summed E-state index contributed by atoms with van der Waals surface area (Å²) in [6, 6.07) is 4.09. The molecule has 1 aromatic heterocycles. The fourth-order valence-corrected chi connectivity index (χ4v) is 2.73. The zero-order valence-electron chi connectivity index (χ0n) is 17.1. The van der Waals surface area contributed by atoms with Gasteiger partial charge in [0.1, 0.15) is 0 Å². The van der Waals surface area contributed by atoms with Gasteiger partial charge in [0.05, 0.1) is 25.7 Å². The number of carbonyl (C=O) groups excluding carboxylic acids is 1. The predicted molar refractivity (Wildman–Crippen MR) is 106 cm³/mol. The van der Waals surface area contributed by atoms with Crippen LogP contribution >= 0.6 is 0 Å². The van der Waals surface area contributed by atoms with Crippen molar-refractivity contribution in [3.05, 3.63) is 24.0 Å². The standard InChI is InChI=1S/C19H35N5O2/c1-7-20-18(24(6)14-17-10-9-11-23(17)5)21-13-16(12-15(3)4)22-19(25)26-8-2/h9-11,15-16H,7-8,12-14H2,1-6H3,(H,20,21)(H,22,25). The summed E-state index contributed by atoms with van der Waals surface area (Å²) in [4.78, 5) is 18.6. The van der Waals surface area contributed by atoms with Crippen LogP contribution in [0, 0.1) is 5.92 Å². The summed E-state index contributed by atoms with van der Waals surface area (Å²) in [5.41, 5.74) is 1.21. The molecule has 0 aliphatic heterocycles. The summed E-state index contributed by atoms with van der Waals surface area (Å²) in [6.45, 7) is 10.5. The van der Waals surface area contributed by atoms with Gasteiger partial charge >= 0.3 is 6.09 Å². The van der Waals surface area contributed by atoms with E-state index in [1.165, 1.54) is 5.69 Å². The second-order valence-corrected chi connectivity index (χ2v) is 6.85. The zero-order valence-corrected chi connectivity index (χ0v) is 17.1. The Balaban J connectivity index is 2.78. The number of hydrogen-bond acceptors (Lipinski definition) is 3. The van der Waals surface area contributed by atoms with Crippen molar-refractivity contribution in [1.82, 2.24) is 20.1 Å². The monoisotopic (exact) mass is 365 g/mol. The lowest BCUT2D eigenvalue weighted by atomic mass is 10.0. The molecule has 0 saturated carbocycles. The minimum atomic E-state index is -0.379. The quantitative estimate of drug-likeness (QED) is 0.521. The SMILES string of the molecule is CCNC(=NCC(CC(C)C)NC(=O)OCC)N(C)Cc1cccn1C. The molecule has 0 aliphatic carbocycles. The largest absolute Gasteiger partial charge is 0.450 e. The number of ether oxygens (including phenoxy) is 1. The average Bonchev–Trinajstić information content (AvgIpc) is 2.95. The predicted octanol–water partition coefficient (Wildman–Crippen LogP) is 2.58. The number of amides is 1. The lowest BCUT2D eigenvalue weighted by Gasteiger charge is -2.24. The number of guanidine groups is 1. The molecule has 1 unspecified atom stereocenters. The van der Waals surface area contributed by atoms with E-state index >= 15 is 0 Å². The Morgan fingerprint density at radius 2 is 2.12 bits per heavy atom. The summed E-state index contributed by atoms with van der Waals surface area (Å²) in [6.07, 6.45) is 2.51. The summed E-state index contributed by atoms with van der Waals surface area (Å²) in [5.74, 6) is 1.29. The third-order valence-electron chi connectivity index (χ3n) is 3.96. The van der Waals surface area contributed by atoms with Gasteiger partial charge in [-0.1, -0.05) is 13.8 Å². The molecule has 7 heteroatoms. The minimum Gasteiger partial charge on any atom is -0.450 e. The van der Waals surface area contributed by atoms with Crippen molar-refractivity contribution in [3.8, 4) is 0 Å². The van der Waals surface area contributed by atoms with E-state index in [0.29, 0.717) is 19.1 Å². The highest BCUT2D eigenvalue weighted by Crippen LogP contribution is 2.07. The van der Waals surface area contributed by atoms with Gasteiger partial charge in [-0.3, -0.25) is 4.99 Å². The third-order valence-corrected chi connectivity index (χ3v) is 3.96. The number of aliphatic imine (C=N–C) groups is 1. The lowest BCUT2D eigenvalue weighted by molar-refractivity contribution is 0.147. The maximum atomic E-state index is 11.8. The molecular weight excluding hydrogens is 330 g/mol. The highest BCUT2D eigenvalue weighted by molar-refractivity contribution is 5.79. The number of nitrogens with one attached hydrogen (secondary N) is 2. The van der Waals surface area contributed by atoms with Crippen LogP contribution in [0.4, 0.5) is 4.79 Å². The molecule has 0 saturated heterocycles. The van der Waals surface area contributed by atoms with Gasteiger partial charge in [-0.25, -0.2) is 4.79 Å². The van der Waals surface area contributed by atoms with Crippen molar-refractivity contribution >= 4 is 12.1 Å². The summed E-state index contributed by atoms with van der Waals surface area (Å²) in [7, 11) is 4.06. The number of rotatable bonds is 9. The first-order valence-electron chi connectivity index (χ1n) is 9.40. The highest BCUT2D eigenvalue weighted by Gasteiger charge is 2.16. The molecule has 1 rings (SSSR count). The van der Waals surface area contributed by atoms with Gasteiger partial charge < -0.3 is 24.8 Å². The van der Waals surface area contributed by atoms with Crippen LogP contribution in [-0.4, -0.2) is 54.3 Å². The molecule has 1 amide bonds. The molecule has 0 aromatic carbocycles. The van der Waals surface area contributed by atoms with Gasteiger partial charge in [0.25, 0.3) is 0 Å². The Morgan fingerprint density at radius 3 is 2.65 bits per heavy atom. The van der Waals surface area contributed by atoms with Crippen molar-refractivity contribution in [2.75, 3.05) is 26.7 Å². The number of aryl methyl sites for hydroxylation is 1. The molecule has 1 atom stereocenters. The van der Waals surface area contributed by atoms with Gasteiger partial charge in [-0.05, 0) is 38.3 Å².